The highest BCUT2D eigenvalue weighted by Gasteiger charge is 2.29. The van der Waals surface area contributed by atoms with Crippen molar-refractivity contribution in [1.29, 1.82) is 0 Å². The highest BCUT2D eigenvalue weighted by molar-refractivity contribution is 7.18. The van der Waals surface area contributed by atoms with Gasteiger partial charge in [-0.05, 0) is 58.8 Å². The Morgan fingerprint density at radius 3 is 2.64 bits per heavy atom. The number of nitrogens with one attached hydrogen (secondary N) is 1. The van der Waals surface area contributed by atoms with Gasteiger partial charge in [-0.3, -0.25) is 9.69 Å². The van der Waals surface area contributed by atoms with Gasteiger partial charge in [0.15, 0.2) is 0 Å². The summed E-state index contributed by atoms with van der Waals surface area (Å²) in [6.07, 6.45) is 3.81. The SMILES string of the molecule is CC(C)n1nccc1NC(=O)[C@H](C)N1CCC(c2nc3ccccc3s2)CC1. The zero-order chi connectivity index (χ0) is 19.7. The van der Waals surface area contributed by atoms with Crippen LogP contribution in [0.3, 0.4) is 0 Å². The number of amides is 1. The molecule has 28 heavy (non-hydrogen) atoms. The van der Waals surface area contributed by atoms with E-state index in [9.17, 15) is 4.79 Å². The number of para-hydroxylation sites is 1. The highest BCUT2D eigenvalue weighted by Crippen LogP contribution is 2.34. The lowest BCUT2D eigenvalue weighted by molar-refractivity contribution is -0.121. The van der Waals surface area contributed by atoms with Crippen molar-refractivity contribution >= 4 is 33.3 Å². The van der Waals surface area contributed by atoms with E-state index in [1.165, 1.54) is 9.71 Å². The number of benzene rings is 1. The molecule has 4 rings (SSSR count). The van der Waals surface area contributed by atoms with Crippen LogP contribution in [0.4, 0.5) is 5.82 Å². The van der Waals surface area contributed by atoms with Crippen molar-refractivity contribution in [3.63, 3.8) is 0 Å². The molecule has 3 aromatic rings. The molecular weight excluding hydrogens is 370 g/mol. The molecule has 1 N–H and O–H groups in total. The van der Waals surface area contributed by atoms with Gasteiger partial charge in [0.05, 0.1) is 27.5 Å². The first-order valence-corrected chi connectivity index (χ1v) is 10.8. The predicted molar refractivity (Wildman–Crippen MR) is 114 cm³/mol. The fourth-order valence-electron chi connectivity index (χ4n) is 3.82. The van der Waals surface area contributed by atoms with Gasteiger partial charge < -0.3 is 5.32 Å². The van der Waals surface area contributed by atoms with Gasteiger partial charge in [0.2, 0.25) is 5.91 Å². The smallest absolute Gasteiger partial charge is 0.242 e. The number of aromatic nitrogens is 3. The summed E-state index contributed by atoms with van der Waals surface area (Å²) in [6.45, 7) is 7.93. The quantitative estimate of drug-likeness (QED) is 0.698. The summed E-state index contributed by atoms with van der Waals surface area (Å²) in [5, 5.41) is 8.56. The first kappa shape index (κ1) is 19.1. The fourth-order valence-corrected chi connectivity index (χ4v) is 4.96. The number of carbonyl (C=O) groups excluding carboxylic acids is 1. The number of piperidine rings is 1. The Labute approximate surface area is 169 Å². The zero-order valence-electron chi connectivity index (χ0n) is 16.6. The molecule has 1 aliphatic heterocycles. The summed E-state index contributed by atoms with van der Waals surface area (Å²) in [4.78, 5) is 19.9. The third-order valence-electron chi connectivity index (χ3n) is 5.53. The third kappa shape index (κ3) is 3.82. The van der Waals surface area contributed by atoms with Crippen molar-refractivity contribution < 1.29 is 4.79 Å². The van der Waals surface area contributed by atoms with Gasteiger partial charge in [0.25, 0.3) is 0 Å². The summed E-state index contributed by atoms with van der Waals surface area (Å²) >= 11 is 1.81. The van der Waals surface area contributed by atoms with Crippen molar-refractivity contribution in [2.24, 2.45) is 0 Å². The minimum Gasteiger partial charge on any atom is -0.310 e. The number of carbonyl (C=O) groups is 1. The molecule has 1 fully saturated rings. The van der Waals surface area contributed by atoms with E-state index in [0.29, 0.717) is 5.92 Å². The second-order valence-electron chi connectivity index (χ2n) is 7.75. The van der Waals surface area contributed by atoms with Crippen molar-refractivity contribution in [2.45, 2.75) is 51.6 Å². The molecule has 6 nitrogen and oxygen atoms in total. The number of hydrogen-bond acceptors (Lipinski definition) is 5. The number of nitrogens with zero attached hydrogens (tertiary/aromatic N) is 4. The van der Waals surface area contributed by atoms with Crippen LogP contribution in [0.2, 0.25) is 0 Å². The van der Waals surface area contributed by atoms with Crippen LogP contribution in [0, 0.1) is 0 Å². The molecule has 1 amide bonds. The van der Waals surface area contributed by atoms with E-state index in [1.807, 2.05) is 35.1 Å². The van der Waals surface area contributed by atoms with Crippen molar-refractivity contribution in [3.8, 4) is 0 Å². The molecule has 3 heterocycles. The van der Waals surface area contributed by atoms with E-state index in [2.05, 4.69) is 47.4 Å². The second kappa shape index (κ2) is 8.01. The Morgan fingerprint density at radius 2 is 1.93 bits per heavy atom. The first-order valence-electron chi connectivity index (χ1n) is 9.97. The molecule has 0 bridgehead atoms. The van der Waals surface area contributed by atoms with Crippen LogP contribution in [-0.2, 0) is 4.79 Å². The molecule has 0 radical (unpaired) electrons. The minimum absolute atomic E-state index is 0.0286. The van der Waals surface area contributed by atoms with Gasteiger partial charge in [-0.25, -0.2) is 9.67 Å². The van der Waals surface area contributed by atoms with Gasteiger partial charge in [0.1, 0.15) is 5.82 Å². The van der Waals surface area contributed by atoms with Crippen LogP contribution in [0.15, 0.2) is 36.5 Å². The molecule has 1 aliphatic rings. The topological polar surface area (TPSA) is 63.1 Å². The van der Waals surface area contributed by atoms with Gasteiger partial charge >= 0.3 is 0 Å². The average molecular weight is 398 g/mol. The number of anilines is 1. The summed E-state index contributed by atoms with van der Waals surface area (Å²) in [5.41, 5.74) is 1.10. The van der Waals surface area contributed by atoms with E-state index in [0.717, 1.165) is 37.3 Å². The normalized spacial score (nSPS) is 17.3. The fraction of sp³-hybridized carbons (Fsp3) is 0.476. The van der Waals surface area contributed by atoms with E-state index < -0.39 is 0 Å². The minimum atomic E-state index is -0.160. The van der Waals surface area contributed by atoms with Crippen LogP contribution in [0.5, 0.6) is 0 Å². The van der Waals surface area contributed by atoms with Crippen molar-refractivity contribution in [2.75, 3.05) is 18.4 Å². The number of hydrogen-bond donors (Lipinski definition) is 1. The summed E-state index contributed by atoms with van der Waals surface area (Å²) < 4.78 is 3.10. The number of thiazole rings is 1. The second-order valence-corrected chi connectivity index (χ2v) is 8.81. The van der Waals surface area contributed by atoms with E-state index in [-0.39, 0.29) is 18.0 Å². The van der Waals surface area contributed by atoms with Gasteiger partial charge in [-0.1, -0.05) is 12.1 Å². The van der Waals surface area contributed by atoms with Crippen molar-refractivity contribution in [1.82, 2.24) is 19.7 Å². The van der Waals surface area contributed by atoms with Gasteiger partial charge in [-0.15, -0.1) is 11.3 Å². The maximum absolute atomic E-state index is 12.7. The molecule has 0 unspecified atom stereocenters. The average Bonchev–Trinajstić information content (AvgIpc) is 3.34. The molecule has 148 valence electrons. The number of fused-ring (bicyclic) bond motifs is 1. The summed E-state index contributed by atoms with van der Waals surface area (Å²) in [6, 6.07) is 10.2. The molecule has 2 aromatic heterocycles. The Morgan fingerprint density at radius 1 is 1.18 bits per heavy atom. The first-order chi connectivity index (χ1) is 13.5. The molecule has 1 aromatic carbocycles. The third-order valence-corrected chi connectivity index (χ3v) is 6.73. The summed E-state index contributed by atoms with van der Waals surface area (Å²) in [5.74, 6) is 1.28. The Balaban J connectivity index is 1.36. The number of rotatable bonds is 5. The monoisotopic (exact) mass is 397 g/mol. The Kier molecular flexibility index (Phi) is 5.46. The molecule has 0 spiro atoms. The zero-order valence-corrected chi connectivity index (χ0v) is 17.4. The Bertz CT molecular complexity index is 922. The molecule has 0 aliphatic carbocycles. The van der Waals surface area contributed by atoms with Crippen LogP contribution >= 0.6 is 11.3 Å². The molecule has 1 atom stereocenters. The largest absolute Gasteiger partial charge is 0.310 e. The van der Waals surface area contributed by atoms with E-state index in [1.54, 1.807) is 6.20 Å². The van der Waals surface area contributed by atoms with E-state index >= 15 is 0 Å². The predicted octanol–water partition coefficient (Wildman–Crippen LogP) is 4.28. The maximum Gasteiger partial charge on any atom is 0.242 e. The highest BCUT2D eigenvalue weighted by atomic mass is 32.1. The lowest BCUT2D eigenvalue weighted by Gasteiger charge is -2.34. The molecule has 7 heteroatoms. The van der Waals surface area contributed by atoms with Gasteiger partial charge in [-0.2, -0.15) is 5.10 Å². The Hall–Kier alpha value is -2.25. The molecule has 0 saturated carbocycles. The molecular formula is C21H27N5OS. The maximum atomic E-state index is 12.7. The van der Waals surface area contributed by atoms with Gasteiger partial charge in [0, 0.05) is 18.0 Å². The number of likely N-dealkylation sites (tertiary alicyclic amines) is 1. The van der Waals surface area contributed by atoms with Crippen molar-refractivity contribution in [3.05, 3.63) is 41.5 Å². The summed E-state index contributed by atoms with van der Waals surface area (Å²) in [7, 11) is 0. The lowest BCUT2D eigenvalue weighted by atomic mass is 9.96. The standard InChI is InChI=1S/C21H27N5OS/c1-14(2)26-19(8-11-22-26)24-20(27)15(3)25-12-9-16(10-13-25)21-23-17-6-4-5-7-18(17)28-21/h4-8,11,14-16H,9-10,12-13H2,1-3H3,(H,24,27)/t15-/m0/s1. The van der Waals surface area contributed by atoms with E-state index in [4.69, 9.17) is 4.98 Å². The molecule has 1 saturated heterocycles. The lowest BCUT2D eigenvalue weighted by Crippen LogP contribution is -2.46. The van der Waals surface area contributed by atoms with Crippen LogP contribution < -0.4 is 5.32 Å². The van der Waals surface area contributed by atoms with Crippen LogP contribution in [0.1, 0.15) is 50.6 Å². The van der Waals surface area contributed by atoms with Crippen LogP contribution in [0.25, 0.3) is 10.2 Å². The van der Waals surface area contributed by atoms with Crippen LogP contribution in [-0.4, -0.2) is 44.7 Å².